The maximum atomic E-state index is 11.5. The van der Waals surface area contributed by atoms with Gasteiger partial charge < -0.3 is 10.4 Å². The summed E-state index contributed by atoms with van der Waals surface area (Å²) < 4.78 is 0. The van der Waals surface area contributed by atoms with Crippen molar-refractivity contribution in [3.8, 4) is 0 Å². The molecule has 1 aliphatic heterocycles. The number of hydrogen-bond acceptors (Lipinski definition) is 3. The van der Waals surface area contributed by atoms with E-state index in [1.807, 2.05) is 0 Å². The van der Waals surface area contributed by atoms with Crippen molar-refractivity contribution < 1.29 is 9.90 Å². The molecule has 0 bridgehead atoms. The summed E-state index contributed by atoms with van der Waals surface area (Å²) in [5.41, 5.74) is 0.0914. The van der Waals surface area contributed by atoms with Crippen LogP contribution in [-0.2, 0) is 4.79 Å². The van der Waals surface area contributed by atoms with E-state index in [9.17, 15) is 9.90 Å². The Hall–Kier alpha value is -0.870. The molecule has 2 N–H and O–H groups in total. The van der Waals surface area contributed by atoms with Crippen LogP contribution in [0.15, 0.2) is 12.7 Å². The Morgan fingerprint density at radius 1 is 1.53 bits per heavy atom. The number of piperidine rings is 1. The SMILES string of the molecule is C=CCNC(=O)CN1CCC(CC)(CO)CC1. The lowest BCUT2D eigenvalue weighted by Gasteiger charge is -2.39. The van der Waals surface area contributed by atoms with Gasteiger partial charge in [-0.1, -0.05) is 13.0 Å². The molecule has 0 radical (unpaired) electrons. The van der Waals surface area contributed by atoms with Gasteiger partial charge in [-0.15, -0.1) is 6.58 Å². The number of rotatable bonds is 6. The van der Waals surface area contributed by atoms with Crippen molar-refractivity contribution in [2.75, 3.05) is 32.8 Å². The first-order chi connectivity index (χ1) is 8.15. The minimum atomic E-state index is 0.0536. The fourth-order valence-electron chi connectivity index (χ4n) is 2.25. The van der Waals surface area contributed by atoms with E-state index in [0.717, 1.165) is 32.4 Å². The Morgan fingerprint density at radius 2 is 2.18 bits per heavy atom. The maximum absolute atomic E-state index is 11.5. The lowest BCUT2D eigenvalue weighted by atomic mass is 9.77. The summed E-state index contributed by atoms with van der Waals surface area (Å²) in [6, 6.07) is 0. The molecule has 0 unspecified atom stereocenters. The molecule has 4 heteroatoms. The van der Waals surface area contributed by atoms with E-state index < -0.39 is 0 Å². The van der Waals surface area contributed by atoms with Crippen LogP contribution in [0.4, 0.5) is 0 Å². The molecule has 1 heterocycles. The number of aliphatic hydroxyl groups is 1. The van der Waals surface area contributed by atoms with Crippen molar-refractivity contribution in [1.82, 2.24) is 10.2 Å². The first-order valence-electron chi connectivity index (χ1n) is 6.36. The van der Waals surface area contributed by atoms with Crippen LogP contribution in [-0.4, -0.2) is 48.7 Å². The standard InChI is InChI=1S/C13H24N2O2/c1-3-7-14-12(17)10-15-8-5-13(4-2,11-16)6-9-15/h3,16H,1,4-11H2,2H3,(H,14,17). The quantitative estimate of drug-likeness (QED) is 0.674. The molecular weight excluding hydrogens is 216 g/mol. The van der Waals surface area contributed by atoms with Crippen LogP contribution in [0.3, 0.4) is 0 Å². The molecule has 0 aliphatic carbocycles. The smallest absolute Gasteiger partial charge is 0.234 e. The van der Waals surface area contributed by atoms with Gasteiger partial charge in [0.2, 0.25) is 5.91 Å². The Bertz CT molecular complexity index is 252. The third-order valence-corrected chi connectivity index (χ3v) is 3.81. The van der Waals surface area contributed by atoms with Crippen LogP contribution in [0.25, 0.3) is 0 Å². The third-order valence-electron chi connectivity index (χ3n) is 3.81. The summed E-state index contributed by atoms with van der Waals surface area (Å²) >= 11 is 0. The lowest BCUT2D eigenvalue weighted by Crippen LogP contribution is -2.45. The van der Waals surface area contributed by atoms with Crippen LogP contribution in [0.5, 0.6) is 0 Å². The molecule has 0 saturated carbocycles. The van der Waals surface area contributed by atoms with Crippen LogP contribution in [0.2, 0.25) is 0 Å². The van der Waals surface area contributed by atoms with Gasteiger partial charge in [-0.2, -0.15) is 0 Å². The molecule has 0 aromatic rings. The Balaban J connectivity index is 2.31. The zero-order chi connectivity index (χ0) is 12.7. The summed E-state index contributed by atoms with van der Waals surface area (Å²) in [5.74, 6) is 0.0536. The second-order valence-electron chi connectivity index (χ2n) is 4.88. The topological polar surface area (TPSA) is 52.6 Å². The van der Waals surface area contributed by atoms with Gasteiger partial charge in [-0.05, 0) is 37.8 Å². The molecule has 1 amide bonds. The Labute approximate surface area is 104 Å². The normalized spacial score (nSPS) is 19.9. The van der Waals surface area contributed by atoms with E-state index in [2.05, 4.69) is 23.7 Å². The van der Waals surface area contributed by atoms with E-state index >= 15 is 0 Å². The van der Waals surface area contributed by atoms with Crippen LogP contribution in [0.1, 0.15) is 26.2 Å². The summed E-state index contributed by atoms with van der Waals surface area (Å²) in [7, 11) is 0. The molecule has 98 valence electrons. The Morgan fingerprint density at radius 3 is 2.65 bits per heavy atom. The molecule has 1 rings (SSSR count). The highest BCUT2D eigenvalue weighted by molar-refractivity contribution is 5.78. The summed E-state index contributed by atoms with van der Waals surface area (Å²) in [6.45, 7) is 8.74. The van der Waals surface area contributed by atoms with Crippen LogP contribution < -0.4 is 5.32 Å². The first kappa shape index (κ1) is 14.2. The molecule has 0 aromatic heterocycles. The highest BCUT2D eigenvalue weighted by Gasteiger charge is 2.32. The van der Waals surface area contributed by atoms with Gasteiger partial charge in [0, 0.05) is 13.2 Å². The van der Waals surface area contributed by atoms with Crippen molar-refractivity contribution in [3.63, 3.8) is 0 Å². The molecule has 0 atom stereocenters. The zero-order valence-corrected chi connectivity index (χ0v) is 10.7. The van der Waals surface area contributed by atoms with Gasteiger partial charge in [0.1, 0.15) is 0 Å². The van der Waals surface area contributed by atoms with Gasteiger partial charge in [0.15, 0.2) is 0 Å². The number of amides is 1. The zero-order valence-electron chi connectivity index (χ0n) is 10.7. The average molecular weight is 240 g/mol. The van der Waals surface area contributed by atoms with Crippen molar-refractivity contribution in [2.24, 2.45) is 5.41 Å². The van der Waals surface area contributed by atoms with E-state index in [1.54, 1.807) is 6.08 Å². The number of nitrogens with one attached hydrogen (secondary N) is 1. The molecular formula is C13H24N2O2. The molecule has 1 aliphatic rings. The van der Waals surface area contributed by atoms with Gasteiger partial charge in [0.05, 0.1) is 6.54 Å². The Kier molecular flexibility index (Phi) is 5.65. The fraction of sp³-hybridized carbons (Fsp3) is 0.769. The maximum Gasteiger partial charge on any atom is 0.234 e. The number of hydrogen-bond donors (Lipinski definition) is 2. The molecule has 17 heavy (non-hydrogen) atoms. The number of likely N-dealkylation sites (tertiary alicyclic amines) is 1. The summed E-state index contributed by atoms with van der Waals surface area (Å²) in [4.78, 5) is 13.7. The number of carbonyl (C=O) groups is 1. The van der Waals surface area contributed by atoms with Crippen LogP contribution >= 0.6 is 0 Å². The monoisotopic (exact) mass is 240 g/mol. The van der Waals surface area contributed by atoms with Crippen molar-refractivity contribution >= 4 is 5.91 Å². The highest BCUT2D eigenvalue weighted by atomic mass is 16.3. The molecule has 0 spiro atoms. The van der Waals surface area contributed by atoms with E-state index in [-0.39, 0.29) is 17.9 Å². The second-order valence-corrected chi connectivity index (χ2v) is 4.88. The molecule has 1 fully saturated rings. The number of carbonyl (C=O) groups excluding carboxylic acids is 1. The number of nitrogens with zero attached hydrogens (tertiary/aromatic N) is 1. The molecule has 1 saturated heterocycles. The minimum Gasteiger partial charge on any atom is -0.396 e. The summed E-state index contributed by atoms with van der Waals surface area (Å²) in [5, 5.41) is 12.2. The van der Waals surface area contributed by atoms with Gasteiger partial charge in [-0.25, -0.2) is 0 Å². The molecule has 0 aromatic carbocycles. The number of aliphatic hydroxyl groups excluding tert-OH is 1. The molecule has 4 nitrogen and oxygen atoms in total. The highest BCUT2D eigenvalue weighted by Crippen LogP contribution is 2.33. The first-order valence-corrected chi connectivity index (χ1v) is 6.36. The van der Waals surface area contributed by atoms with Crippen molar-refractivity contribution in [3.05, 3.63) is 12.7 Å². The second kappa shape index (κ2) is 6.77. The van der Waals surface area contributed by atoms with Gasteiger partial charge in [-0.3, -0.25) is 9.69 Å². The van der Waals surface area contributed by atoms with Gasteiger partial charge >= 0.3 is 0 Å². The predicted octanol–water partition coefficient (Wildman–Crippen LogP) is 0.773. The average Bonchev–Trinajstić information content (AvgIpc) is 2.38. The van der Waals surface area contributed by atoms with Gasteiger partial charge in [0.25, 0.3) is 0 Å². The van der Waals surface area contributed by atoms with E-state index in [1.165, 1.54) is 0 Å². The summed E-state index contributed by atoms with van der Waals surface area (Å²) in [6.07, 6.45) is 4.66. The van der Waals surface area contributed by atoms with Crippen molar-refractivity contribution in [1.29, 1.82) is 0 Å². The lowest BCUT2D eigenvalue weighted by molar-refractivity contribution is -0.122. The van der Waals surface area contributed by atoms with E-state index in [4.69, 9.17) is 0 Å². The third kappa shape index (κ3) is 4.13. The van der Waals surface area contributed by atoms with Crippen LogP contribution in [0, 0.1) is 5.41 Å². The fourth-order valence-corrected chi connectivity index (χ4v) is 2.25. The predicted molar refractivity (Wildman–Crippen MR) is 68.7 cm³/mol. The van der Waals surface area contributed by atoms with Crippen molar-refractivity contribution in [2.45, 2.75) is 26.2 Å². The minimum absolute atomic E-state index is 0.0536. The largest absolute Gasteiger partial charge is 0.396 e. The van der Waals surface area contributed by atoms with E-state index in [0.29, 0.717) is 13.1 Å².